The number of amides is 2. The zero-order valence-electron chi connectivity index (χ0n) is 23.1. The summed E-state index contributed by atoms with van der Waals surface area (Å²) in [5.41, 5.74) is -0.157. The summed E-state index contributed by atoms with van der Waals surface area (Å²) >= 11 is 0. The number of rotatable bonds is 14. The monoisotopic (exact) mass is 511 g/mol. The second-order valence-electron chi connectivity index (χ2n) is 9.14. The lowest BCUT2D eigenvalue weighted by Crippen LogP contribution is -2.48. The van der Waals surface area contributed by atoms with Gasteiger partial charge < -0.3 is 24.4 Å². The fourth-order valence-electron chi connectivity index (χ4n) is 2.53. The Balaban J connectivity index is 0. The van der Waals surface area contributed by atoms with Gasteiger partial charge in [-0.05, 0) is 40.0 Å². The van der Waals surface area contributed by atoms with Gasteiger partial charge in [0.2, 0.25) is 5.91 Å². The van der Waals surface area contributed by atoms with Crippen LogP contribution in [0.3, 0.4) is 0 Å². The Morgan fingerprint density at radius 3 is 2.08 bits per heavy atom. The Labute approximate surface area is 216 Å². The summed E-state index contributed by atoms with van der Waals surface area (Å²) in [6, 6.07) is 2.12. The van der Waals surface area contributed by atoms with E-state index in [0.29, 0.717) is 19.4 Å². The number of unbranched alkanes of at least 4 members (excludes halogenated alkanes) is 1. The zero-order chi connectivity index (χ0) is 28.1. The molecule has 2 unspecified atom stereocenters. The quantitative estimate of drug-likeness (QED) is 0.160. The number of hydrogen-bond acceptors (Lipinski definition) is 8. The third kappa shape index (κ3) is 17.4. The Hall–Kier alpha value is -3.09. The minimum absolute atomic E-state index is 0.0159. The van der Waals surface area contributed by atoms with Gasteiger partial charge >= 0.3 is 18.0 Å². The maximum absolute atomic E-state index is 12.2. The SMILES string of the molecule is C=CC(=O)OCCNC(=O)OCCOC(=O)C(C)CC.CCC(C)C(=O)N(CCCC#N)C(C)(C)C. The topological polar surface area (TPSA) is 135 Å². The van der Waals surface area contributed by atoms with E-state index in [9.17, 15) is 19.2 Å². The molecule has 0 fully saturated rings. The molecule has 1 N–H and O–H groups in total. The molecule has 0 aromatic carbocycles. The van der Waals surface area contributed by atoms with Gasteiger partial charge in [-0.15, -0.1) is 0 Å². The number of alkyl carbamates (subject to hydrolysis) is 1. The molecule has 206 valence electrons. The van der Waals surface area contributed by atoms with Crippen molar-refractivity contribution in [1.29, 1.82) is 5.26 Å². The minimum atomic E-state index is -0.667. The van der Waals surface area contributed by atoms with Crippen molar-refractivity contribution in [2.45, 2.75) is 79.7 Å². The van der Waals surface area contributed by atoms with Crippen LogP contribution in [0.4, 0.5) is 4.79 Å². The molecule has 0 saturated heterocycles. The number of hydrogen-bond donors (Lipinski definition) is 1. The fourth-order valence-corrected chi connectivity index (χ4v) is 2.53. The van der Waals surface area contributed by atoms with Crippen molar-refractivity contribution in [2.75, 3.05) is 32.9 Å². The van der Waals surface area contributed by atoms with E-state index in [4.69, 9.17) is 14.7 Å². The average Bonchev–Trinajstić information content (AvgIpc) is 2.84. The third-order valence-corrected chi connectivity index (χ3v) is 5.14. The second kappa shape index (κ2) is 20.1. The number of nitrogens with one attached hydrogen (secondary N) is 1. The summed E-state index contributed by atoms with van der Waals surface area (Å²) in [6.07, 6.45) is 3.20. The lowest BCUT2D eigenvalue weighted by molar-refractivity contribution is -0.149. The molecule has 0 spiro atoms. The van der Waals surface area contributed by atoms with Crippen LogP contribution in [0.2, 0.25) is 0 Å². The number of ether oxygens (including phenoxy) is 3. The molecule has 10 heteroatoms. The Morgan fingerprint density at radius 1 is 1.00 bits per heavy atom. The minimum Gasteiger partial charge on any atom is -0.462 e. The molecule has 0 saturated carbocycles. The van der Waals surface area contributed by atoms with Crippen molar-refractivity contribution < 1.29 is 33.4 Å². The Kier molecular flexibility index (Phi) is 19.6. The smallest absolute Gasteiger partial charge is 0.407 e. The van der Waals surface area contributed by atoms with Gasteiger partial charge in [0, 0.05) is 30.5 Å². The van der Waals surface area contributed by atoms with Gasteiger partial charge in [0.1, 0.15) is 19.8 Å². The molecule has 2 atom stereocenters. The first kappa shape index (κ1) is 35.1. The third-order valence-electron chi connectivity index (χ3n) is 5.14. The van der Waals surface area contributed by atoms with Crippen molar-refractivity contribution in [1.82, 2.24) is 10.2 Å². The normalized spacial score (nSPS) is 11.9. The standard InChI is InChI=1S/C13H24N2O.C13H21NO6/c1-6-11(2)12(16)15(13(3,4)5)10-8-7-9-14;1-4-10(3)12(16)19-8-9-20-13(17)14-6-7-18-11(15)5-2/h11H,6-8,10H2,1-5H3;5,10H,2,4,6-9H2,1,3H3,(H,14,17). The van der Waals surface area contributed by atoms with Gasteiger partial charge in [0.25, 0.3) is 0 Å². The van der Waals surface area contributed by atoms with E-state index in [0.717, 1.165) is 18.9 Å². The maximum atomic E-state index is 12.2. The van der Waals surface area contributed by atoms with E-state index in [2.05, 4.69) is 22.7 Å². The molecule has 0 aliphatic carbocycles. The van der Waals surface area contributed by atoms with Crippen molar-refractivity contribution in [3.63, 3.8) is 0 Å². The largest absolute Gasteiger partial charge is 0.462 e. The first-order valence-electron chi connectivity index (χ1n) is 12.4. The van der Waals surface area contributed by atoms with E-state index >= 15 is 0 Å². The molecule has 0 rings (SSSR count). The number of carbonyl (C=O) groups is 4. The van der Waals surface area contributed by atoms with E-state index in [1.165, 1.54) is 0 Å². The lowest BCUT2D eigenvalue weighted by Gasteiger charge is -2.37. The molecule has 0 aromatic rings. The van der Waals surface area contributed by atoms with Crippen molar-refractivity contribution >= 4 is 23.9 Å². The highest BCUT2D eigenvalue weighted by Crippen LogP contribution is 2.19. The van der Waals surface area contributed by atoms with E-state index in [1.54, 1.807) is 6.92 Å². The van der Waals surface area contributed by atoms with Gasteiger partial charge in [-0.25, -0.2) is 9.59 Å². The Morgan fingerprint density at radius 2 is 1.58 bits per heavy atom. The lowest BCUT2D eigenvalue weighted by atomic mass is 10.00. The molecule has 0 heterocycles. The summed E-state index contributed by atoms with van der Waals surface area (Å²) in [5.74, 6) is -0.761. The first-order chi connectivity index (χ1) is 16.8. The summed E-state index contributed by atoms with van der Waals surface area (Å²) in [6.45, 7) is 17.8. The highest BCUT2D eigenvalue weighted by molar-refractivity contribution is 5.81. The zero-order valence-corrected chi connectivity index (χ0v) is 23.1. The molecule has 10 nitrogen and oxygen atoms in total. The summed E-state index contributed by atoms with van der Waals surface area (Å²) in [5, 5.41) is 10.9. The molecule has 0 aliphatic heterocycles. The van der Waals surface area contributed by atoms with Crippen molar-refractivity contribution in [2.24, 2.45) is 11.8 Å². The van der Waals surface area contributed by atoms with Crippen LogP contribution in [-0.2, 0) is 28.6 Å². The van der Waals surface area contributed by atoms with Crippen molar-refractivity contribution in [3.8, 4) is 6.07 Å². The van der Waals surface area contributed by atoms with Crippen LogP contribution in [-0.4, -0.2) is 67.3 Å². The number of nitrogens with zero attached hydrogens (tertiary/aromatic N) is 2. The molecule has 2 amide bonds. The predicted molar refractivity (Wildman–Crippen MR) is 137 cm³/mol. The van der Waals surface area contributed by atoms with Gasteiger partial charge in [0.15, 0.2) is 0 Å². The van der Waals surface area contributed by atoms with Crippen LogP contribution in [0.5, 0.6) is 0 Å². The second-order valence-corrected chi connectivity index (χ2v) is 9.14. The van der Waals surface area contributed by atoms with Gasteiger partial charge in [0.05, 0.1) is 18.5 Å². The van der Waals surface area contributed by atoms with Crippen LogP contribution in [0.1, 0.15) is 74.1 Å². The van der Waals surface area contributed by atoms with Crippen LogP contribution in [0, 0.1) is 23.2 Å². The molecular weight excluding hydrogens is 466 g/mol. The first-order valence-corrected chi connectivity index (χ1v) is 12.4. The van der Waals surface area contributed by atoms with E-state index in [-0.39, 0.29) is 55.6 Å². The van der Waals surface area contributed by atoms with Gasteiger partial charge in [-0.2, -0.15) is 5.26 Å². The fraction of sp³-hybridized carbons (Fsp3) is 0.731. The average molecular weight is 512 g/mol. The highest BCUT2D eigenvalue weighted by atomic mass is 16.6. The summed E-state index contributed by atoms with van der Waals surface area (Å²) in [7, 11) is 0. The maximum Gasteiger partial charge on any atom is 0.407 e. The van der Waals surface area contributed by atoms with Gasteiger partial charge in [-0.1, -0.05) is 34.3 Å². The molecule has 0 radical (unpaired) electrons. The summed E-state index contributed by atoms with van der Waals surface area (Å²) in [4.78, 5) is 47.2. The predicted octanol–water partition coefficient (Wildman–Crippen LogP) is 3.99. The number of nitriles is 1. The van der Waals surface area contributed by atoms with E-state index in [1.807, 2.05) is 46.4 Å². The van der Waals surface area contributed by atoms with Crippen molar-refractivity contribution in [3.05, 3.63) is 12.7 Å². The molecule has 0 aliphatic rings. The number of carbonyl (C=O) groups excluding carboxylic acids is 4. The van der Waals surface area contributed by atoms with Crippen LogP contribution < -0.4 is 5.32 Å². The Bertz CT molecular complexity index is 726. The highest BCUT2D eigenvalue weighted by Gasteiger charge is 2.28. The number of esters is 2. The molecular formula is C26H45N3O7. The van der Waals surface area contributed by atoms with Gasteiger partial charge in [-0.3, -0.25) is 9.59 Å². The summed E-state index contributed by atoms with van der Waals surface area (Å²) < 4.78 is 14.3. The molecule has 36 heavy (non-hydrogen) atoms. The molecule has 0 aromatic heterocycles. The van der Waals surface area contributed by atoms with Crippen LogP contribution in [0.25, 0.3) is 0 Å². The van der Waals surface area contributed by atoms with Crippen LogP contribution >= 0.6 is 0 Å². The van der Waals surface area contributed by atoms with E-state index < -0.39 is 12.1 Å². The van der Waals surface area contributed by atoms with Crippen LogP contribution in [0.15, 0.2) is 12.7 Å². The molecule has 0 bridgehead atoms.